The standard InChI is InChI=1S/C44H45F2N9O5/c1-24(56)53-17-12-35(49-26-10-15-52(16-11-26)27-5-6-28-31(19-27)44(60)55(43(28)59)37-7-8-39(57)50-42(37)58)34(23-53)41(47)54-14-3-4-25-18-29(30(40(45)46)20-38(25)54)33-22-51(2)36-9-13-48-21-32(33)36/h5-6,9,13,18-22,26,37,40,47,49H,3-4,7-8,10-12,14-17,23H2,1-2H3,(H,50,57,58). The minimum atomic E-state index is -2.76. The fourth-order valence-corrected chi connectivity index (χ4v) is 9.50. The molecule has 0 aliphatic carbocycles. The number of aryl methyl sites for hydroxylation is 2. The van der Waals surface area contributed by atoms with Gasteiger partial charge in [0.05, 0.1) is 23.2 Å². The Morgan fingerprint density at radius 2 is 1.70 bits per heavy atom. The molecule has 0 bridgehead atoms. The lowest BCUT2D eigenvalue weighted by molar-refractivity contribution is -0.136. The van der Waals surface area contributed by atoms with Crippen molar-refractivity contribution in [3.63, 3.8) is 0 Å². The van der Waals surface area contributed by atoms with E-state index >= 15 is 0 Å². The fraction of sp³-hybridized carbons (Fsp3) is 0.386. The summed E-state index contributed by atoms with van der Waals surface area (Å²) in [6.07, 6.45) is 5.99. The van der Waals surface area contributed by atoms with Crippen LogP contribution in [0.15, 0.2) is 66.3 Å². The van der Waals surface area contributed by atoms with Crippen LogP contribution in [0.1, 0.15) is 83.7 Å². The number of imide groups is 2. The van der Waals surface area contributed by atoms with Crippen molar-refractivity contribution >= 4 is 57.6 Å². The van der Waals surface area contributed by atoms with Crippen LogP contribution in [-0.2, 0) is 27.9 Å². The van der Waals surface area contributed by atoms with Crippen molar-refractivity contribution in [2.24, 2.45) is 7.05 Å². The van der Waals surface area contributed by atoms with Gasteiger partial charge in [0.15, 0.2) is 0 Å². The number of rotatable bonds is 7. The van der Waals surface area contributed by atoms with Crippen LogP contribution in [0.2, 0.25) is 0 Å². The van der Waals surface area contributed by atoms with E-state index in [0.29, 0.717) is 61.4 Å². The van der Waals surface area contributed by atoms with E-state index in [-0.39, 0.29) is 53.9 Å². The Morgan fingerprint density at radius 1 is 0.917 bits per heavy atom. The van der Waals surface area contributed by atoms with Crippen molar-refractivity contribution in [1.82, 2.24) is 30.0 Å². The van der Waals surface area contributed by atoms with Crippen LogP contribution in [0.4, 0.5) is 20.2 Å². The molecule has 2 saturated heterocycles. The van der Waals surface area contributed by atoms with E-state index in [9.17, 15) is 38.2 Å². The predicted molar refractivity (Wildman–Crippen MR) is 220 cm³/mol. The van der Waals surface area contributed by atoms with Crippen molar-refractivity contribution < 1.29 is 32.8 Å². The number of fused-ring (bicyclic) bond motifs is 3. The number of aromatic nitrogens is 2. The molecule has 2 aromatic carbocycles. The molecule has 14 nitrogen and oxygen atoms in total. The maximum Gasteiger partial charge on any atom is 0.264 e. The number of nitrogens with zero attached hydrogens (tertiary/aromatic N) is 6. The first kappa shape index (κ1) is 39.0. The largest absolute Gasteiger partial charge is 0.385 e. The molecule has 1 unspecified atom stereocenters. The van der Waals surface area contributed by atoms with Gasteiger partial charge in [-0.25, -0.2) is 8.78 Å². The Bertz CT molecular complexity index is 2540. The summed E-state index contributed by atoms with van der Waals surface area (Å²) in [5, 5.41) is 16.4. The van der Waals surface area contributed by atoms with E-state index in [1.54, 1.807) is 35.5 Å². The third kappa shape index (κ3) is 6.76. The predicted octanol–water partition coefficient (Wildman–Crippen LogP) is 5.07. The van der Waals surface area contributed by atoms with Crippen molar-refractivity contribution in [2.45, 2.75) is 70.4 Å². The number of nitrogens with one attached hydrogen (secondary N) is 3. The normalized spacial score (nSPS) is 20.0. The summed E-state index contributed by atoms with van der Waals surface area (Å²) in [5.74, 6) is -2.09. The molecule has 5 aliphatic rings. The first-order valence-electron chi connectivity index (χ1n) is 20.4. The number of hydrogen-bond acceptors (Lipinski definition) is 9. The summed E-state index contributed by atoms with van der Waals surface area (Å²) < 4.78 is 31.8. The number of amidine groups is 1. The zero-order chi connectivity index (χ0) is 42.0. The van der Waals surface area contributed by atoms with Gasteiger partial charge >= 0.3 is 0 Å². The van der Waals surface area contributed by atoms with Crippen molar-refractivity contribution in [1.29, 1.82) is 5.41 Å². The van der Waals surface area contributed by atoms with Gasteiger partial charge in [0.2, 0.25) is 17.7 Å². The number of benzene rings is 2. The van der Waals surface area contributed by atoms with Gasteiger partial charge in [-0.15, -0.1) is 0 Å². The third-order valence-corrected chi connectivity index (χ3v) is 12.7. The van der Waals surface area contributed by atoms with Crippen LogP contribution >= 0.6 is 0 Å². The van der Waals surface area contributed by atoms with Crippen LogP contribution in [-0.4, -0.2) is 99.5 Å². The Hall–Kier alpha value is -6.45. The molecule has 0 spiro atoms. The number of piperidine rings is 2. The topological polar surface area (TPSA) is 164 Å². The van der Waals surface area contributed by atoms with Gasteiger partial charge in [0.1, 0.15) is 11.9 Å². The second kappa shape index (κ2) is 15.3. The first-order valence-corrected chi connectivity index (χ1v) is 20.4. The van der Waals surface area contributed by atoms with Gasteiger partial charge in [-0.05, 0) is 79.6 Å². The fourth-order valence-electron chi connectivity index (χ4n) is 9.50. The molecule has 3 N–H and O–H groups in total. The maximum atomic E-state index is 15.0. The lowest BCUT2D eigenvalue weighted by atomic mass is 9.91. The Morgan fingerprint density at radius 3 is 2.45 bits per heavy atom. The van der Waals surface area contributed by atoms with Gasteiger partial charge in [0, 0.05) is 117 Å². The Kier molecular flexibility index (Phi) is 9.95. The highest BCUT2D eigenvalue weighted by Gasteiger charge is 2.45. The summed E-state index contributed by atoms with van der Waals surface area (Å²) in [4.78, 5) is 74.5. The highest BCUT2D eigenvalue weighted by atomic mass is 19.3. The van der Waals surface area contributed by atoms with Gasteiger partial charge in [-0.3, -0.25) is 44.6 Å². The average molecular weight is 818 g/mol. The van der Waals surface area contributed by atoms with Gasteiger partial charge in [-0.2, -0.15) is 0 Å². The summed E-state index contributed by atoms with van der Waals surface area (Å²) in [6.45, 7) is 3.98. The highest BCUT2D eigenvalue weighted by molar-refractivity contribution is 6.23. The van der Waals surface area contributed by atoms with Crippen molar-refractivity contribution in [3.05, 3.63) is 88.5 Å². The quantitative estimate of drug-likeness (QED) is 0.131. The number of pyridine rings is 1. The monoisotopic (exact) mass is 817 g/mol. The average Bonchev–Trinajstić information content (AvgIpc) is 3.71. The first-order chi connectivity index (χ1) is 28.9. The molecular formula is C44H45F2N9O5. The molecule has 5 amide bonds. The number of carbonyl (C=O) groups excluding carboxylic acids is 5. The summed E-state index contributed by atoms with van der Waals surface area (Å²) in [7, 11) is 1.88. The van der Waals surface area contributed by atoms with Crippen LogP contribution in [0.25, 0.3) is 22.0 Å². The number of amides is 5. The van der Waals surface area contributed by atoms with Crippen LogP contribution in [0, 0.1) is 5.41 Å². The van der Waals surface area contributed by atoms with Crippen molar-refractivity contribution in [3.8, 4) is 11.1 Å². The molecule has 9 rings (SSSR count). The number of alkyl halides is 2. The summed E-state index contributed by atoms with van der Waals surface area (Å²) >= 11 is 0. The van der Waals surface area contributed by atoms with E-state index in [1.165, 1.54) is 6.92 Å². The van der Waals surface area contributed by atoms with Gasteiger partial charge in [-0.1, -0.05) is 0 Å². The van der Waals surface area contributed by atoms with E-state index in [4.69, 9.17) is 0 Å². The minimum Gasteiger partial charge on any atom is -0.385 e. The number of halogens is 2. The molecule has 60 heavy (non-hydrogen) atoms. The van der Waals surface area contributed by atoms with E-state index in [0.717, 1.165) is 52.0 Å². The lowest BCUT2D eigenvalue weighted by Crippen LogP contribution is -2.54. The number of anilines is 2. The third-order valence-electron chi connectivity index (χ3n) is 12.7. The molecule has 16 heteroatoms. The van der Waals surface area contributed by atoms with Crippen LogP contribution in [0.5, 0.6) is 0 Å². The second-order valence-corrected chi connectivity index (χ2v) is 16.2. The molecule has 7 heterocycles. The molecule has 1 atom stereocenters. The highest BCUT2D eigenvalue weighted by Crippen LogP contribution is 2.42. The lowest BCUT2D eigenvalue weighted by Gasteiger charge is -2.39. The number of carbonyl (C=O) groups is 5. The van der Waals surface area contributed by atoms with E-state index in [1.807, 2.05) is 40.9 Å². The summed E-state index contributed by atoms with van der Waals surface area (Å²) in [5.41, 5.74) is 6.17. The smallest absolute Gasteiger partial charge is 0.264 e. The minimum absolute atomic E-state index is 0.0420. The molecular weight excluding hydrogens is 773 g/mol. The second-order valence-electron chi connectivity index (χ2n) is 16.2. The molecule has 0 saturated carbocycles. The zero-order valence-electron chi connectivity index (χ0n) is 33.4. The molecule has 4 aromatic rings. The van der Waals surface area contributed by atoms with Crippen LogP contribution < -0.4 is 20.4 Å². The van der Waals surface area contributed by atoms with Crippen LogP contribution in [0.3, 0.4) is 0 Å². The molecule has 2 aromatic heterocycles. The van der Waals surface area contributed by atoms with E-state index < -0.39 is 36.1 Å². The SMILES string of the molecule is CC(=O)N1CCC(NC2CCN(c3ccc4c(c3)C(=O)N(C3CCC(=O)NC3=O)C4=O)CC2)=C(C(=N)N2CCCc3cc(-c4cn(C)c5ccncc45)c(C(F)F)cc32)C1. The van der Waals surface area contributed by atoms with Crippen molar-refractivity contribution in [2.75, 3.05) is 42.5 Å². The maximum absolute atomic E-state index is 15.0. The zero-order valence-corrected chi connectivity index (χ0v) is 33.4. The van der Waals surface area contributed by atoms with Gasteiger partial charge in [0.25, 0.3) is 18.2 Å². The van der Waals surface area contributed by atoms with Gasteiger partial charge < -0.3 is 24.6 Å². The Balaban J connectivity index is 0.941. The Labute approximate surface area is 344 Å². The summed E-state index contributed by atoms with van der Waals surface area (Å²) in [6, 6.07) is 9.40. The molecule has 310 valence electrons. The molecule has 2 fully saturated rings. The molecule has 0 radical (unpaired) electrons. The molecule has 5 aliphatic heterocycles. The number of hydrogen-bond donors (Lipinski definition) is 3. The van der Waals surface area contributed by atoms with E-state index in [2.05, 4.69) is 20.5 Å².